The van der Waals surface area contributed by atoms with Crippen molar-refractivity contribution >= 4 is 43.3 Å². The monoisotopic (exact) mass is 500 g/mol. The highest BCUT2D eigenvalue weighted by molar-refractivity contribution is 9.10. The Bertz CT molecular complexity index is 1210. The molecule has 6 nitrogen and oxygen atoms in total. The van der Waals surface area contributed by atoms with Crippen molar-refractivity contribution in [2.75, 3.05) is 11.9 Å². The van der Waals surface area contributed by atoms with Crippen LogP contribution < -0.4 is 10.0 Å². The van der Waals surface area contributed by atoms with Crippen molar-refractivity contribution < 1.29 is 18.0 Å². The average molecular weight is 501 g/mol. The van der Waals surface area contributed by atoms with E-state index >= 15 is 0 Å². The molecule has 0 unspecified atom stereocenters. The van der Waals surface area contributed by atoms with Gasteiger partial charge in [-0.3, -0.25) is 9.59 Å². The molecule has 0 saturated heterocycles. The number of benzene rings is 3. The Balaban J connectivity index is 1.67. The molecule has 0 saturated carbocycles. The quantitative estimate of drug-likeness (QED) is 0.451. The highest BCUT2D eigenvalue weighted by Crippen LogP contribution is 2.24. The molecule has 31 heavy (non-hydrogen) atoms. The van der Waals surface area contributed by atoms with Gasteiger partial charge in [0.1, 0.15) is 0 Å². The maximum absolute atomic E-state index is 12.9. The van der Waals surface area contributed by atoms with Crippen LogP contribution in [-0.4, -0.2) is 26.7 Å². The van der Waals surface area contributed by atoms with Crippen molar-refractivity contribution in [1.82, 2.24) is 4.72 Å². The zero-order valence-electron chi connectivity index (χ0n) is 16.8. The number of rotatable bonds is 8. The van der Waals surface area contributed by atoms with E-state index in [0.717, 1.165) is 0 Å². The van der Waals surface area contributed by atoms with Crippen LogP contribution in [0.1, 0.15) is 27.9 Å². The molecule has 1 amide bonds. The molecular weight excluding hydrogens is 480 g/mol. The number of aryl methyl sites for hydroxylation is 1. The second-order valence-corrected chi connectivity index (χ2v) is 9.50. The maximum atomic E-state index is 12.9. The minimum Gasteiger partial charge on any atom is -0.325 e. The number of carbonyl (C=O) groups is 2. The summed E-state index contributed by atoms with van der Waals surface area (Å²) in [4.78, 5) is 25.5. The Labute approximate surface area is 189 Å². The van der Waals surface area contributed by atoms with Crippen LogP contribution in [0.5, 0.6) is 0 Å². The number of anilines is 1. The fourth-order valence-electron chi connectivity index (χ4n) is 3.01. The van der Waals surface area contributed by atoms with E-state index in [2.05, 4.69) is 26.0 Å². The van der Waals surface area contributed by atoms with Crippen LogP contribution in [0.15, 0.2) is 82.2 Å². The Hall–Kier alpha value is -2.81. The van der Waals surface area contributed by atoms with Gasteiger partial charge in [-0.2, -0.15) is 0 Å². The van der Waals surface area contributed by atoms with E-state index in [1.807, 2.05) is 6.07 Å². The average Bonchev–Trinajstić information content (AvgIpc) is 2.75. The number of hydrogen-bond donors (Lipinski definition) is 2. The Morgan fingerprint density at radius 1 is 0.935 bits per heavy atom. The molecule has 0 aliphatic carbocycles. The summed E-state index contributed by atoms with van der Waals surface area (Å²) < 4.78 is 28.0. The van der Waals surface area contributed by atoms with Crippen LogP contribution in [0.3, 0.4) is 0 Å². The molecule has 0 spiro atoms. The first kappa shape index (κ1) is 22.9. The summed E-state index contributed by atoms with van der Waals surface area (Å²) in [6, 6.07) is 20.4. The molecule has 0 aliphatic heterocycles. The van der Waals surface area contributed by atoms with Gasteiger partial charge >= 0.3 is 0 Å². The van der Waals surface area contributed by atoms with Gasteiger partial charge < -0.3 is 5.32 Å². The zero-order valence-corrected chi connectivity index (χ0v) is 19.2. The third-order valence-electron chi connectivity index (χ3n) is 4.56. The lowest BCUT2D eigenvalue weighted by Gasteiger charge is -2.12. The van der Waals surface area contributed by atoms with Crippen LogP contribution in [0.2, 0.25) is 0 Å². The van der Waals surface area contributed by atoms with E-state index in [-0.39, 0.29) is 23.6 Å². The molecular formula is C23H21BrN2O4S. The molecule has 0 aromatic heterocycles. The number of halogens is 1. The number of hydrogen-bond acceptors (Lipinski definition) is 4. The van der Waals surface area contributed by atoms with E-state index in [9.17, 15) is 18.0 Å². The normalized spacial score (nSPS) is 11.2. The lowest BCUT2D eigenvalue weighted by Crippen LogP contribution is -2.28. The summed E-state index contributed by atoms with van der Waals surface area (Å²) >= 11 is 3.35. The van der Waals surface area contributed by atoms with E-state index in [4.69, 9.17) is 0 Å². The molecule has 0 fully saturated rings. The Morgan fingerprint density at radius 2 is 1.61 bits per heavy atom. The lowest BCUT2D eigenvalue weighted by atomic mass is 10.0. The molecule has 8 heteroatoms. The number of ketones is 1. The molecule has 0 radical (unpaired) electrons. The van der Waals surface area contributed by atoms with Crippen molar-refractivity contribution in [2.45, 2.75) is 18.2 Å². The maximum Gasteiger partial charge on any atom is 0.240 e. The van der Waals surface area contributed by atoms with E-state index in [1.165, 1.54) is 6.07 Å². The molecule has 3 aromatic carbocycles. The third kappa shape index (κ3) is 5.88. The summed E-state index contributed by atoms with van der Waals surface area (Å²) in [6.07, 6.45) is -0.0832. The van der Waals surface area contributed by atoms with Crippen LogP contribution in [-0.2, 0) is 14.8 Å². The van der Waals surface area contributed by atoms with Crippen molar-refractivity contribution in [2.24, 2.45) is 0 Å². The number of carbonyl (C=O) groups excluding carboxylic acids is 2. The molecule has 0 atom stereocenters. The fraction of sp³-hybridized carbons (Fsp3) is 0.130. The zero-order chi connectivity index (χ0) is 22.4. The standard InChI is InChI=1S/C23H21BrN2O4S/c1-16-7-5-6-10-21(16)31(29,30)25-14-13-22(27)26-20-12-11-18(24)15-19(20)23(28)17-8-3-2-4-9-17/h2-12,15,25H,13-14H2,1H3,(H,26,27). The van der Waals surface area contributed by atoms with Crippen LogP contribution in [0.25, 0.3) is 0 Å². The SMILES string of the molecule is Cc1ccccc1S(=O)(=O)NCCC(=O)Nc1ccc(Br)cc1C(=O)c1ccccc1. The number of amides is 1. The van der Waals surface area contributed by atoms with Crippen molar-refractivity contribution in [3.05, 3.63) is 94.0 Å². The van der Waals surface area contributed by atoms with Gasteiger partial charge in [0, 0.05) is 28.6 Å². The summed E-state index contributed by atoms with van der Waals surface area (Å²) in [5, 5.41) is 2.71. The highest BCUT2D eigenvalue weighted by atomic mass is 79.9. The summed E-state index contributed by atoms with van der Waals surface area (Å²) in [6.45, 7) is 1.64. The summed E-state index contributed by atoms with van der Waals surface area (Å²) in [5.74, 6) is -0.630. The first-order valence-electron chi connectivity index (χ1n) is 9.52. The van der Waals surface area contributed by atoms with E-state index in [0.29, 0.717) is 26.9 Å². The second kappa shape index (κ2) is 10.00. The third-order valence-corrected chi connectivity index (χ3v) is 6.68. The Kier molecular flexibility index (Phi) is 7.37. The minimum atomic E-state index is -3.71. The van der Waals surface area contributed by atoms with Gasteiger partial charge in [0.05, 0.1) is 10.6 Å². The second-order valence-electron chi connectivity index (χ2n) is 6.85. The van der Waals surface area contributed by atoms with Gasteiger partial charge in [0.25, 0.3) is 0 Å². The summed E-state index contributed by atoms with van der Waals surface area (Å²) in [7, 11) is -3.71. The molecule has 160 valence electrons. The summed E-state index contributed by atoms with van der Waals surface area (Å²) in [5.41, 5.74) is 1.83. The lowest BCUT2D eigenvalue weighted by molar-refractivity contribution is -0.116. The minimum absolute atomic E-state index is 0.0685. The van der Waals surface area contributed by atoms with Crippen molar-refractivity contribution in [3.63, 3.8) is 0 Å². The largest absolute Gasteiger partial charge is 0.325 e. The smallest absolute Gasteiger partial charge is 0.240 e. The molecule has 3 rings (SSSR count). The van der Waals surface area contributed by atoms with Gasteiger partial charge in [-0.1, -0.05) is 64.5 Å². The van der Waals surface area contributed by atoms with Gasteiger partial charge in [-0.15, -0.1) is 0 Å². The molecule has 0 bridgehead atoms. The Morgan fingerprint density at radius 3 is 2.32 bits per heavy atom. The van der Waals surface area contributed by atoms with E-state index < -0.39 is 15.9 Å². The predicted molar refractivity (Wildman–Crippen MR) is 124 cm³/mol. The number of sulfonamides is 1. The molecule has 0 aliphatic rings. The first-order chi connectivity index (χ1) is 14.8. The molecule has 2 N–H and O–H groups in total. The molecule has 0 heterocycles. The fourth-order valence-corrected chi connectivity index (χ4v) is 4.64. The number of nitrogens with one attached hydrogen (secondary N) is 2. The van der Waals surface area contributed by atoms with Crippen LogP contribution >= 0.6 is 15.9 Å². The van der Waals surface area contributed by atoms with Gasteiger partial charge in [-0.25, -0.2) is 13.1 Å². The first-order valence-corrected chi connectivity index (χ1v) is 11.8. The van der Waals surface area contributed by atoms with Crippen molar-refractivity contribution in [3.8, 4) is 0 Å². The van der Waals surface area contributed by atoms with Gasteiger partial charge in [0.2, 0.25) is 15.9 Å². The van der Waals surface area contributed by atoms with Gasteiger partial charge in [0.15, 0.2) is 5.78 Å². The van der Waals surface area contributed by atoms with Crippen molar-refractivity contribution in [1.29, 1.82) is 0 Å². The van der Waals surface area contributed by atoms with Crippen LogP contribution in [0.4, 0.5) is 5.69 Å². The topological polar surface area (TPSA) is 92.3 Å². The van der Waals surface area contributed by atoms with Gasteiger partial charge in [-0.05, 0) is 36.8 Å². The highest BCUT2D eigenvalue weighted by Gasteiger charge is 2.18. The predicted octanol–water partition coefficient (Wildman–Crippen LogP) is 4.30. The molecule has 3 aromatic rings. The van der Waals surface area contributed by atoms with Crippen LogP contribution in [0, 0.1) is 6.92 Å². The van der Waals surface area contributed by atoms with E-state index in [1.54, 1.807) is 67.6 Å².